The molecule has 0 aromatic heterocycles. The third-order valence-corrected chi connectivity index (χ3v) is 9.29. The summed E-state index contributed by atoms with van der Waals surface area (Å²) in [4.78, 5) is 10.2. The van der Waals surface area contributed by atoms with Crippen LogP contribution in [0.25, 0.3) is 54.6 Å². The number of nitrogens with one attached hydrogen (secondary N) is 1. The van der Waals surface area contributed by atoms with E-state index in [4.69, 9.17) is 9.98 Å². The molecule has 0 saturated heterocycles. The largest absolute Gasteiger partial charge is 0.344 e. The number of rotatable bonds is 5. The summed E-state index contributed by atoms with van der Waals surface area (Å²) in [7, 11) is 0. The average molecular weight is 614 g/mol. The van der Waals surface area contributed by atoms with Gasteiger partial charge >= 0.3 is 0 Å². The molecule has 0 saturated carbocycles. The zero-order chi connectivity index (χ0) is 31.9. The van der Waals surface area contributed by atoms with Crippen LogP contribution in [0.5, 0.6) is 0 Å². The van der Waals surface area contributed by atoms with E-state index >= 15 is 0 Å². The van der Waals surface area contributed by atoms with E-state index < -0.39 is 0 Å². The van der Waals surface area contributed by atoms with E-state index in [9.17, 15) is 0 Å². The van der Waals surface area contributed by atoms with Crippen molar-refractivity contribution in [1.29, 1.82) is 0 Å². The molecule has 1 heterocycles. The maximum atomic E-state index is 5.14. The quantitative estimate of drug-likeness (QED) is 0.193. The van der Waals surface area contributed by atoms with Crippen LogP contribution < -0.4 is 5.32 Å². The van der Waals surface area contributed by atoms with Gasteiger partial charge in [0.05, 0.1) is 0 Å². The van der Waals surface area contributed by atoms with Crippen LogP contribution >= 0.6 is 0 Å². The van der Waals surface area contributed by atoms with E-state index in [2.05, 4.69) is 157 Å². The van der Waals surface area contributed by atoms with Gasteiger partial charge in [-0.1, -0.05) is 158 Å². The van der Waals surface area contributed by atoms with Crippen molar-refractivity contribution in [2.45, 2.75) is 6.17 Å². The lowest BCUT2D eigenvalue weighted by Crippen LogP contribution is -2.33. The molecule has 8 aromatic carbocycles. The summed E-state index contributed by atoms with van der Waals surface area (Å²) < 4.78 is 0. The van der Waals surface area contributed by atoms with E-state index in [-0.39, 0.29) is 6.17 Å². The summed E-state index contributed by atoms with van der Waals surface area (Å²) in [5.41, 5.74) is 7.81. The molecule has 1 aliphatic rings. The molecule has 3 nitrogen and oxygen atoms in total. The Bertz CT molecular complexity index is 2520. The van der Waals surface area contributed by atoms with Gasteiger partial charge in [0.25, 0.3) is 0 Å². The van der Waals surface area contributed by atoms with E-state index in [0.29, 0.717) is 5.84 Å². The minimum Gasteiger partial charge on any atom is -0.344 e. The first-order chi connectivity index (χ1) is 23.8. The summed E-state index contributed by atoms with van der Waals surface area (Å²) in [6.45, 7) is 0. The first-order valence-corrected chi connectivity index (χ1v) is 16.4. The van der Waals surface area contributed by atoms with Crippen molar-refractivity contribution in [3.05, 3.63) is 193 Å². The van der Waals surface area contributed by atoms with Crippen LogP contribution in [0.1, 0.15) is 22.9 Å². The fraction of sp³-hybridized carbons (Fsp3) is 0.0222. The van der Waals surface area contributed by atoms with Crippen LogP contribution in [-0.2, 0) is 0 Å². The van der Waals surface area contributed by atoms with Crippen LogP contribution in [0.3, 0.4) is 0 Å². The van der Waals surface area contributed by atoms with Gasteiger partial charge < -0.3 is 5.32 Å². The highest BCUT2D eigenvalue weighted by molar-refractivity contribution is 6.29. The smallest absolute Gasteiger partial charge is 0.159 e. The third-order valence-electron chi connectivity index (χ3n) is 9.29. The van der Waals surface area contributed by atoms with Gasteiger partial charge in [0.1, 0.15) is 12.0 Å². The summed E-state index contributed by atoms with van der Waals surface area (Å²) in [6.07, 6.45) is -0.248. The van der Waals surface area contributed by atoms with Gasteiger partial charge in [-0.2, -0.15) is 0 Å². The van der Waals surface area contributed by atoms with Crippen molar-refractivity contribution in [2.75, 3.05) is 0 Å². The molecule has 0 amide bonds. The number of hydrogen-bond donors (Lipinski definition) is 1. The van der Waals surface area contributed by atoms with Crippen molar-refractivity contribution < 1.29 is 0 Å². The number of hydrogen-bond acceptors (Lipinski definition) is 3. The maximum absolute atomic E-state index is 5.14. The SMILES string of the molecule is c1ccc(C2=NC(c3cccc(-c4cc(-c5ccccc5)c5c6ccccc6c6ccccc6c5c4)c3)=NC(c3ccccc3)N2)cc1. The monoisotopic (exact) mass is 613 g/mol. The third kappa shape index (κ3) is 4.94. The summed E-state index contributed by atoms with van der Waals surface area (Å²) >= 11 is 0. The van der Waals surface area contributed by atoms with Gasteiger partial charge in [0.15, 0.2) is 5.84 Å². The minimum atomic E-state index is -0.248. The van der Waals surface area contributed by atoms with Crippen LogP contribution in [0, 0.1) is 0 Å². The van der Waals surface area contributed by atoms with Crippen molar-refractivity contribution in [1.82, 2.24) is 5.32 Å². The Labute approximate surface area is 279 Å². The van der Waals surface area contributed by atoms with E-state index in [1.807, 2.05) is 24.3 Å². The zero-order valence-corrected chi connectivity index (χ0v) is 26.2. The molecular weight excluding hydrogens is 583 g/mol. The Balaban J connectivity index is 1.26. The summed E-state index contributed by atoms with van der Waals surface area (Å²) in [6, 6.07) is 62.4. The molecule has 0 bridgehead atoms. The van der Waals surface area contributed by atoms with Gasteiger partial charge in [-0.25, -0.2) is 9.98 Å². The topological polar surface area (TPSA) is 36.8 Å². The highest BCUT2D eigenvalue weighted by Crippen LogP contribution is 2.42. The standard InChI is InChI=1S/C45H31N3/c1-4-15-30(16-5-1)40-28-35(29-41-38-25-11-10-23-36(38)37-24-12-13-26-39(37)42(40)41)33-21-14-22-34(27-33)45-47-43(31-17-6-2-7-18-31)46-44(48-45)32-19-8-3-9-20-32/h1-29,43H,(H,46,47,48). The fourth-order valence-electron chi connectivity index (χ4n) is 7.01. The number of benzene rings is 8. The molecule has 9 rings (SSSR count). The maximum Gasteiger partial charge on any atom is 0.159 e. The Morgan fingerprint density at radius 1 is 0.396 bits per heavy atom. The molecular formula is C45H31N3. The van der Waals surface area contributed by atoms with Crippen LogP contribution in [0.2, 0.25) is 0 Å². The summed E-state index contributed by atoms with van der Waals surface area (Å²) in [5, 5.41) is 11.2. The molecule has 1 N–H and O–H groups in total. The Morgan fingerprint density at radius 3 is 1.65 bits per heavy atom. The molecule has 1 unspecified atom stereocenters. The Morgan fingerprint density at radius 2 is 0.938 bits per heavy atom. The second-order valence-corrected chi connectivity index (χ2v) is 12.2. The lowest BCUT2D eigenvalue weighted by atomic mass is 9.87. The number of aliphatic imine (C=N–C) groups is 2. The van der Waals surface area contributed by atoms with Crippen LogP contribution in [0.15, 0.2) is 186 Å². The van der Waals surface area contributed by atoms with Gasteiger partial charge in [0.2, 0.25) is 0 Å². The second kappa shape index (κ2) is 11.8. The average Bonchev–Trinajstić information content (AvgIpc) is 3.18. The van der Waals surface area contributed by atoms with Crippen LogP contribution in [-0.4, -0.2) is 11.7 Å². The first kappa shape index (κ1) is 27.9. The number of amidine groups is 2. The molecule has 1 atom stereocenters. The van der Waals surface area contributed by atoms with E-state index in [1.54, 1.807) is 0 Å². The van der Waals surface area contributed by atoms with Gasteiger partial charge in [0, 0.05) is 11.1 Å². The van der Waals surface area contributed by atoms with Gasteiger partial charge in [-0.05, 0) is 78.3 Å². The van der Waals surface area contributed by atoms with Gasteiger partial charge in [-0.15, -0.1) is 0 Å². The first-order valence-electron chi connectivity index (χ1n) is 16.4. The predicted octanol–water partition coefficient (Wildman–Crippen LogP) is 11.0. The second-order valence-electron chi connectivity index (χ2n) is 12.2. The molecule has 3 heteroatoms. The van der Waals surface area contributed by atoms with Crippen molar-refractivity contribution in [2.24, 2.45) is 9.98 Å². The van der Waals surface area contributed by atoms with Crippen molar-refractivity contribution >= 4 is 44.0 Å². The molecule has 1 aliphatic heterocycles. The highest BCUT2D eigenvalue weighted by atomic mass is 15.2. The van der Waals surface area contributed by atoms with Crippen molar-refractivity contribution in [3.8, 4) is 22.3 Å². The molecule has 0 radical (unpaired) electrons. The number of fused-ring (bicyclic) bond motifs is 6. The predicted molar refractivity (Wildman–Crippen MR) is 202 cm³/mol. The summed E-state index contributed by atoms with van der Waals surface area (Å²) in [5.74, 6) is 1.53. The molecule has 0 aliphatic carbocycles. The molecule has 0 spiro atoms. The molecule has 226 valence electrons. The number of nitrogens with zero attached hydrogens (tertiary/aromatic N) is 2. The van der Waals surface area contributed by atoms with E-state index in [1.165, 1.54) is 43.4 Å². The molecule has 8 aromatic rings. The Hall–Kier alpha value is -6.32. The zero-order valence-electron chi connectivity index (χ0n) is 26.2. The Kier molecular flexibility index (Phi) is 6.87. The lowest BCUT2D eigenvalue weighted by Gasteiger charge is -2.23. The molecule has 48 heavy (non-hydrogen) atoms. The lowest BCUT2D eigenvalue weighted by molar-refractivity contribution is 0.674. The fourth-order valence-corrected chi connectivity index (χ4v) is 7.01. The molecule has 0 fully saturated rings. The van der Waals surface area contributed by atoms with Crippen LogP contribution in [0.4, 0.5) is 0 Å². The normalized spacial score (nSPS) is 14.5. The van der Waals surface area contributed by atoms with Gasteiger partial charge in [-0.3, -0.25) is 0 Å². The minimum absolute atomic E-state index is 0.248. The van der Waals surface area contributed by atoms with Crippen molar-refractivity contribution in [3.63, 3.8) is 0 Å². The van der Waals surface area contributed by atoms with E-state index in [0.717, 1.165) is 33.7 Å². The highest BCUT2D eigenvalue weighted by Gasteiger charge is 2.21.